The fourth-order valence-electron chi connectivity index (χ4n) is 2.49. The number of ether oxygens (including phenoxy) is 2. The minimum absolute atomic E-state index is 0.104. The standard InChI is InChI=1S/C19H20FNO4/c1-12(2)21(15-8-9-17(24-3)16(20)11-15)18(22)13-6-5-7-14(10-13)19(23)25-4/h5-12H,1-4H3. The molecule has 25 heavy (non-hydrogen) atoms. The first-order chi connectivity index (χ1) is 11.9. The molecule has 2 aromatic carbocycles. The Kier molecular flexibility index (Phi) is 5.75. The number of benzene rings is 2. The van der Waals surface area contributed by atoms with E-state index in [0.29, 0.717) is 11.3 Å². The van der Waals surface area contributed by atoms with E-state index < -0.39 is 11.8 Å². The molecule has 6 heteroatoms. The molecule has 0 aliphatic rings. The van der Waals surface area contributed by atoms with E-state index in [0.717, 1.165) is 0 Å². The maximum absolute atomic E-state index is 14.0. The molecule has 0 aliphatic carbocycles. The number of hydrogen-bond acceptors (Lipinski definition) is 4. The van der Waals surface area contributed by atoms with Crippen LogP contribution in [0.1, 0.15) is 34.6 Å². The molecule has 5 nitrogen and oxygen atoms in total. The van der Waals surface area contributed by atoms with Crippen LogP contribution in [0.25, 0.3) is 0 Å². The molecular formula is C19H20FNO4. The number of anilines is 1. The summed E-state index contributed by atoms with van der Waals surface area (Å²) in [6.07, 6.45) is 0. The van der Waals surface area contributed by atoms with E-state index >= 15 is 0 Å². The number of esters is 1. The van der Waals surface area contributed by atoms with Crippen molar-refractivity contribution in [3.8, 4) is 5.75 Å². The van der Waals surface area contributed by atoms with Gasteiger partial charge in [-0.3, -0.25) is 4.79 Å². The van der Waals surface area contributed by atoms with Crippen molar-refractivity contribution in [1.29, 1.82) is 0 Å². The van der Waals surface area contributed by atoms with E-state index in [-0.39, 0.29) is 23.3 Å². The van der Waals surface area contributed by atoms with Gasteiger partial charge >= 0.3 is 5.97 Å². The average Bonchev–Trinajstić information content (AvgIpc) is 2.61. The molecule has 0 bridgehead atoms. The Morgan fingerprint density at radius 2 is 1.72 bits per heavy atom. The summed E-state index contributed by atoms with van der Waals surface area (Å²) in [4.78, 5) is 26.1. The highest BCUT2D eigenvalue weighted by molar-refractivity contribution is 6.07. The van der Waals surface area contributed by atoms with Gasteiger partial charge in [0, 0.05) is 23.4 Å². The first-order valence-electron chi connectivity index (χ1n) is 7.74. The van der Waals surface area contributed by atoms with Crippen LogP contribution in [0.3, 0.4) is 0 Å². The Balaban J connectivity index is 2.42. The highest BCUT2D eigenvalue weighted by atomic mass is 19.1. The number of carbonyl (C=O) groups excluding carboxylic acids is 2. The van der Waals surface area contributed by atoms with Crippen molar-refractivity contribution >= 4 is 17.6 Å². The molecule has 0 aromatic heterocycles. The largest absolute Gasteiger partial charge is 0.494 e. The van der Waals surface area contributed by atoms with Crippen molar-refractivity contribution in [2.45, 2.75) is 19.9 Å². The van der Waals surface area contributed by atoms with Gasteiger partial charge in [-0.2, -0.15) is 0 Å². The second kappa shape index (κ2) is 7.79. The molecule has 0 spiro atoms. The van der Waals surface area contributed by atoms with Gasteiger partial charge < -0.3 is 14.4 Å². The smallest absolute Gasteiger partial charge is 0.337 e. The summed E-state index contributed by atoms with van der Waals surface area (Å²) in [6, 6.07) is 10.3. The summed E-state index contributed by atoms with van der Waals surface area (Å²) in [5.74, 6) is -1.32. The number of amides is 1. The fourth-order valence-corrected chi connectivity index (χ4v) is 2.49. The fraction of sp³-hybridized carbons (Fsp3) is 0.263. The highest BCUT2D eigenvalue weighted by Gasteiger charge is 2.23. The molecule has 0 N–H and O–H groups in total. The lowest BCUT2D eigenvalue weighted by molar-refractivity contribution is 0.0600. The molecule has 2 aromatic rings. The molecule has 0 saturated carbocycles. The van der Waals surface area contributed by atoms with Crippen LogP contribution in [-0.2, 0) is 4.74 Å². The van der Waals surface area contributed by atoms with Crippen molar-refractivity contribution in [2.24, 2.45) is 0 Å². The van der Waals surface area contributed by atoms with Crippen molar-refractivity contribution in [2.75, 3.05) is 19.1 Å². The third kappa shape index (κ3) is 3.96. The van der Waals surface area contributed by atoms with Gasteiger partial charge in [-0.1, -0.05) is 6.07 Å². The summed E-state index contributed by atoms with van der Waals surface area (Å²) in [5, 5.41) is 0. The molecule has 2 rings (SSSR count). The molecule has 0 saturated heterocycles. The molecule has 0 aliphatic heterocycles. The SMILES string of the molecule is COC(=O)c1cccc(C(=O)N(c2ccc(OC)c(F)c2)C(C)C)c1. The summed E-state index contributed by atoms with van der Waals surface area (Å²) in [5.41, 5.74) is 0.993. The minimum Gasteiger partial charge on any atom is -0.494 e. The molecule has 0 atom stereocenters. The minimum atomic E-state index is -0.554. The van der Waals surface area contributed by atoms with Gasteiger partial charge in [0.1, 0.15) is 0 Å². The lowest BCUT2D eigenvalue weighted by atomic mass is 10.1. The summed E-state index contributed by atoms with van der Waals surface area (Å²) < 4.78 is 23.6. The number of methoxy groups -OCH3 is 2. The molecule has 0 heterocycles. The predicted molar refractivity (Wildman–Crippen MR) is 92.7 cm³/mol. The van der Waals surface area contributed by atoms with Crippen LogP contribution in [0.2, 0.25) is 0 Å². The average molecular weight is 345 g/mol. The lowest BCUT2D eigenvalue weighted by Crippen LogP contribution is -2.37. The molecule has 132 valence electrons. The van der Waals surface area contributed by atoms with Crippen LogP contribution >= 0.6 is 0 Å². The molecule has 0 unspecified atom stereocenters. The normalized spacial score (nSPS) is 10.5. The molecule has 0 fully saturated rings. The quantitative estimate of drug-likeness (QED) is 0.776. The first-order valence-corrected chi connectivity index (χ1v) is 7.74. The van der Waals surface area contributed by atoms with E-state index in [4.69, 9.17) is 4.74 Å². The van der Waals surface area contributed by atoms with Crippen molar-refractivity contribution in [1.82, 2.24) is 0 Å². The van der Waals surface area contributed by atoms with Crippen LogP contribution in [-0.4, -0.2) is 32.1 Å². The van der Waals surface area contributed by atoms with Gasteiger partial charge in [-0.15, -0.1) is 0 Å². The maximum Gasteiger partial charge on any atom is 0.337 e. The number of rotatable bonds is 5. The van der Waals surface area contributed by atoms with E-state index in [1.54, 1.807) is 24.3 Å². The molecule has 0 radical (unpaired) electrons. The third-order valence-corrected chi connectivity index (χ3v) is 3.68. The first kappa shape index (κ1) is 18.4. The second-order valence-electron chi connectivity index (χ2n) is 5.66. The van der Waals surface area contributed by atoms with E-state index in [1.807, 2.05) is 13.8 Å². The summed E-state index contributed by atoms with van der Waals surface area (Å²) in [6.45, 7) is 3.65. The van der Waals surface area contributed by atoms with E-state index in [2.05, 4.69) is 4.74 Å². The number of hydrogen-bond donors (Lipinski definition) is 0. The summed E-state index contributed by atoms with van der Waals surface area (Å²) >= 11 is 0. The van der Waals surface area contributed by atoms with Crippen LogP contribution in [0.15, 0.2) is 42.5 Å². The molecule has 1 amide bonds. The van der Waals surface area contributed by atoms with Crippen LogP contribution < -0.4 is 9.64 Å². The van der Waals surface area contributed by atoms with Gasteiger partial charge in [-0.05, 0) is 44.2 Å². The predicted octanol–water partition coefficient (Wildman–Crippen LogP) is 3.68. The Labute approximate surface area is 146 Å². The number of nitrogens with zero attached hydrogens (tertiary/aromatic N) is 1. The van der Waals surface area contributed by atoms with E-state index in [9.17, 15) is 14.0 Å². The second-order valence-corrected chi connectivity index (χ2v) is 5.66. The van der Waals surface area contributed by atoms with Crippen LogP contribution in [0.4, 0.5) is 10.1 Å². The monoisotopic (exact) mass is 345 g/mol. The highest BCUT2D eigenvalue weighted by Crippen LogP contribution is 2.26. The zero-order chi connectivity index (χ0) is 18.6. The van der Waals surface area contributed by atoms with Gasteiger partial charge in [0.15, 0.2) is 11.6 Å². The Morgan fingerprint density at radius 3 is 2.28 bits per heavy atom. The van der Waals surface area contributed by atoms with E-state index in [1.165, 1.54) is 37.3 Å². The van der Waals surface area contributed by atoms with Crippen molar-refractivity contribution in [3.05, 3.63) is 59.4 Å². The van der Waals surface area contributed by atoms with Crippen LogP contribution in [0.5, 0.6) is 5.75 Å². The Bertz CT molecular complexity index is 789. The van der Waals surface area contributed by atoms with Crippen molar-refractivity contribution < 1.29 is 23.5 Å². The zero-order valence-corrected chi connectivity index (χ0v) is 14.6. The molecular weight excluding hydrogens is 325 g/mol. The number of halogens is 1. The van der Waals surface area contributed by atoms with Gasteiger partial charge in [-0.25, -0.2) is 9.18 Å². The Hall–Kier alpha value is -2.89. The lowest BCUT2D eigenvalue weighted by Gasteiger charge is -2.27. The van der Waals surface area contributed by atoms with Gasteiger partial charge in [0.25, 0.3) is 5.91 Å². The van der Waals surface area contributed by atoms with Crippen LogP contribution in [0, 0.1) is 5.82 Å². The topological polar surface area (TPSA) is 55.8 Å². The zero-order valence-electron chi connectivity index (χ0n) is 14.6. The van der Waals surface area contributed by atoms with Crippen molar-refractivity contribution in [3.63, 3.8) is 0 Å². The van der Waals surface area contributed by atoms with Gasteiger partial charge in [0.2, 0.25) is 0 Å². The Morgan fingerprint density at radius 1 is 1.04 bits per heavy atom. The maximum atomic E-state index is 14.0. The number of carbonyl (C=O) groups is 2. The third-order valence-electron chi connectivity index (χ3n) is 3.68. The summed E-state index contributed by atoms with van der Waals surface area (Å²) in [7, 11) is 2.65. The van der Waals surface area contributed by atoms with Gasteiger partial charge in [0.05, 0.1) is 19.8 Å².